The summed E-state index contributed by atoms with van der Waals surface area (Å²) in [5.74, 6) is 0.593. The first-order valence-corrected chi connectivity index (χ1v) is 6.42. The molecule has 0 bridgehead atoms. The number of carbonyl (C=O) groups is 1. The third-order valence-corrected chi connectivity index (χ3v) is 2.87. The number of nitrogens with zero attached hydrogens (tertiary/aromatic N) is 3. The maximum atomic E-state index is 12.0. The van der Waals surface area contributed by atoms with Crippen LogP contribution >= 0.6 is 0 Å². The van der Waals surface area contributed by atoms with Crippen molar-refractivity contribution in [2.75, 3.05) is 5.32 Å². The zero-order valence-corrected chi connectivity index (χ0v) is 11.5. The molecule has 1 heterocycles. The van der Waals surface area contributed by atoms with Gasteiger partial charge in [0.25, 0.3) is 0 Å². The highest BCUT2D eigenvalue weighted by Crippen LogP contribution is 2.13. The Balaban J connectivity index is 2.01. The summed E-state index contributed by atoms with van der Waals surface area (Å²) in [6.45, 7) is 4.01. The van der Waals surface area contributed by atoms with Crippen molar-refractivity contribution >= 4 is 11.7 Å². The number of carbonyl (C=O) groups excluding carboxylic acids is 1. The van der Waals surface area contributed by atoms with Gasteiger partial charge in [0.05, 0.1) is 24.3 Å². The fraction of sp³-hybridized carbons (Fsp3) is 0.267. The first-order chi connectivity index (χ1) is 9.60. The fourth-order valence-corrected chi connectivity index (χ4v) is 1.89. The smallest absolute Gasteiger partial charge is 0.229 e. The van der Waals surface area contributed by atoms with Crippen LogP contribution < -0.4 is 5.32 Å². The Morgan fingerprint density at radius 3 is 2.65 bits per heavy atom. The first kappa shape index (κ1) is 13.8. The van der Waals surface area contributed by atoms with Crippen molar-refractivity contribution in [2.45, 2.75) is 26.3 Å². The predicted octanol–water partition coefficient (Wildman–Crippen LogP) is 2.52. The maximum absolute atomic E-state index is 12.0. The highest BCUT2D eigenvalue weighted by Gasteiger charge is 2.10. The van der Waals surface area contributed by atoms with Gasteiger partial charge < -0.3 is 5.32 Å². The monoisotopic (exact) mass is 268 g/mol. The van der Waals surface area contributed by atoms with Gasteiger partial charge in [-0.3, -0.25) is 4.79 Å². The molecule has 5 nitrogen and oxygen atoms in total. The SMILES string of the molecule is CC(C)n1nccc1NC(=O)Cc1ccc(C#N)cc1. The number of nitriles is 1. The summed E-state index contributed by atoms with van der Waals surface area (Å²) in [6, 6.07) is 11.0. The highest BCUT2D eigenvalue weighted by molar-refractivity contribution is 5.91. The van der Waals surface area contributed by atoms with E-state index in [1.165, 1.54) is 0 Å². The van der Waals surface area contributed by atoms with Crippen LogP contribution in [0.15, 0.2) is 36.5 Å². The molecule has 102 valence electrons. The van der Waals surface area contributed by atoms with Crippen molar-refractivity contribution in [3.8, 4) is 6.07 Å². The summed E-state index contributed by atoms with van der Waals surface area (Å²) >= 11 is 0. The zero-order chi connectivity index (χ0) is 14.5. The van der Waals surface area contributed by atoms with Gasteiger partial charge in [-0.15, -0.1) is 0 Å². The predicted molar refractivity (Wildman–Crippen MR) is 76.1 cm³/mol. The Labute approximate surface area is 117 Å². The summed E-state index contributed by atoms with van der Waals surface area (Å²) in [6.07, 6.45) is 1.94. The van der Waals surface area contributed by atoms with Crippen LogP contribution in [0.2, 0.25) is 0 Å². The van der Waals surface area contributed by atoms with Crippen LogP contribution in [0.1, 0.15) is 31.0 Å². The number of anilines is 1. The zero-order valence-electron chi connectivity index (χ0n) is 11.5. The number of benzene rings is 1. The Kier molecular flexibility index (Phi) is 4.16. The van der Waals surface area contributed by atoms with E-state index >= 15 is 0 Å². The van der Waals surface area contributed by atoms with Crippen LogP contribution in [0.5, 0.6) is 0 Å². The van der Waals surface area contributed by atoms with Crippen molar-refractivity contribution in [3.05, 3.63) is 47.7 Å². The van der Waals surface area contributed by atoms with E-state index in [0.717, 1.165) is 5.56 Å². The van der Waals surface area contributed by atoms with E-state index in [-0.39, 0.29) is 18.4 Å². The molecule has 0 fully saturated rings. The molecule has 1 aromatic heterocycles. The summed E-state index contributed by atoms with van der Waals surface area (Å²) in [4.78, 5) is 12.0. The highest BCUT2D eigenvalue weighted by atomic mass is 16.1. The van der Waals surface area contributed by atoms with E-state index in [1.54, 1.807) is 41.2 Å². The van der Waals surface area contributed by atoms with Crippen molar-refractivity contribution < 1.29 is 4.79 Å². The van der Waals surface area contributed by atoms with Crippen LogP contribution in [0.3, 0.4) is 0 Å². The van der Waals surface area contributed by atoms with Gasteiger partial charge in [0.1, 0.15) is 5.82 Å². The lowest BCUT2D eigenvalue weighted by Gasteiger charge is -2.11. The van der Waals surface area contributed by atoms with E-state index in [4.69, 9.17) is 5.26 Å². The van der Waals surface area contributed by atoms with Crippen LogP contribution in [0.4, 0.5) is 5.82 Å². The van der Waals surface area contributed by atoms with Crippen LogP contribution in [-0.4, -0.2) is 15.7 Å². The van der Waals surface area contributed by atoms with Crippen LogP contribution in [-0.2, 0) is 11.2 Å². The quantitative estimate of drug-likeness (QED) is 0.926. The van der Waals surface area contributed by atoms with E-state index in [2.05, 4.69) is 16.5 Å². The minimum Gasteiger partial charge on any atom is -0.311 e. The lowest BCUT2D eigenvalue weighted by molar-refractivity contribution is -0.115. The number of hydrogen-bond acceptors (Lipinski definition) is 3. The van der Waals surface area contributed by atoms with Crippen LogP contribution in [0, 0.1) is 11.3 Å². The third-order valence-electron chi connectivity index (χ3n) is 2.87. The Morgan fingerprint density at radius 1 is 1.35 bits per heavy atom. The number of nitrogens with one attached hydrogen (secondary N) is 1. The van der Waals surface area contributed by atoms with E-state index in [9.17, 15) is 4.79 Å². The molecule has 0 saturated carbocycles. The Hall–Kier alpha value is -2.61. The Morgan fingerprint density at radius 2 is 2.05 bits per heavy atom. The largest absolute Gasteiger partial charge is 0.311 e. The van der Waals surface area contributed by atoms with Gasteiger partial charge in [-0.05, 0) is 31.5 Å². The molecule has 1 amide bonds. The third kappa shape index (κ3) is 3.23. The van der Waals surface area contributed by atoms with Crippen molar-refractivity contribution in [1.82, 2.24) is 9.78 Å². The average molecular weight is 268 g/mol. The van der Waals surface area contributed by atoms with E-state index in [0.29, 0.717) is 11.4 Å². The molecule has 0 radical (unpaired) electrons. The van der Waals surface area contributed by atoms with Gasteiger partial charge in [0.15, 0.2) is 0 Å². The maximum Gasteiger partial charge on any atom is 0.229 e. The standard InChI is InChI=1S/C15H16N4O/c1-11(2)19-14(7-8-17-19)18-15(20)9-12-3-5-13(10-16)6-4-12/h3-8,11H,9H2,1-2H3,(H,18,20). The molecule has 20 heavy (non-hydrogen) atoms. The lowest BCUT2D eigenvalue weighted by atomic mass is 10.1. The van der Waals surface area contributed by atoms with Crippen molar-refractivity contribution in [3.63, 3.8) is 0 Å². The molecule has 0 spiro atoms. The second kappa shape index (κ2) is 6.02. The summed E-state index contributed by atoms with van der Waals surface area (Å²) < 4.78 is 1.76. The van der Waals surface area contributed by atoms with Gasteiger partial charge in [0, 0.05) is 12.1 Å². The van der Waals surface area contributed by atoms with Crippen molar-refractivity contribution in [1.29, 1.82) is 5.26 Å². The molecule has 5 heteroatoms. The summed E-state index contributed by atoms with van der Waals surface area (Å²) in [5.41, 5.74) is 1.46. The summed E-state index contributed by atoms with van der Waals surface area (Å²) in [7, 11) is 0. The molecule has 0 unspecified atom stereocenters. The van der Waals surface area contributed by atoms with Gasteiger partial charge in [-0.1, -0.05) is 12.1 Å². The lowest BCUT2D eigenvalue weighted by Crippen LogP contribution is -2.18. The second-order valence-corrected chi connectivity index (χ2v) is 4.79. The molecule has 2 rings (SSSR count). The van der Waals surface area contributed by atoms with Gasteiger partial charge in [0.2, 0.25) is 5.91 Å². The van der Waals surface area contributed by atoms with Crippen molar-refractivity contribution in [2.24, 2.45) is 0 Å². The molecular formula is C15H16N4O. The summed E-state index contributed by atoms with van der Waals surface area (Å²) in [5, 5.41) is 15.7. The second-order valence-electron chi connectivity index (χ2n) is 4.79. The number of rotatable bonds is 4. The Bertz CT molecular complexity index is 635. The molecule has 0 aliphatic heterocycles. The van der Waals surface area contributed by atoms with Gasteiger partial charge in [-0.25, -0.2) is 4.68 Å². The van der Waals surface area contributed by atoms with Gasteiger partial charge >= 0.3 is 0 Å². The van der Waals surface area contributed by atoms with Gasteiger partial charge in [-0.2, -0.15) is 10.4 Å². The number of amides is 1. The molecule has 0 saturated heterocycles. The molecule has 1 aromatic carbocycles. The average Bonchev–Trinajstić information content (AvgIpc) is 2.87. The van der Waals surface area contributed by atoms with E-state index in [1.807, 2.05) is 13.8 Å². The van der Waals surface area contributed by atoms with E-state index < -0.39 is 0 Å². The molecule has 0 atom stereocenters. The minimum absolute atomic E-state index is 0.0999. The molecular weight excluding hydrogens is 252 g/mol. The molecule has 0 aliphatic rings. The first-order valence-electron chi connectivity index (χ1n) is 6.42. The molecule has 2 aromatic rings. The number of aromatic nitrogens is 2. The minimum atomic E-state index is -0.0999. The number of hydrogen-bond donors (Lipinski definition) is 1. The van der Waals surface area contributed by atoms with Crippen LogP contribution in [0.25, 0.3) is 0 Å². The fourth-order valence-electron chi connectivity index (χ4n) is 1.89. The normalized spacial score (nSPS) is 10.3. The topological polar surface area (TPSA) is 70.7 Å². The molecule has 0 aliphatic carbocycles. The molecule has 1 N–H and O–H groups in total.